The molecule has 1 saturated heterocycles. The molecule has 1 aliphatic heterocycles. The second kappa shape index (κ2) is 6.61. The number of hydrogen-bond donors (Lipinski definition) is 1. The summed E-state index contributed by atoms with van der Waals surface area (Å²) in [6, 6.07) is 2.34. The molecular formula is C13H22N2O2. The van der Waals surface area contributed by atoms with Crippen molar-refractivity contribution in [2.45, 2.75) is 52.0 Å². The fraction of sp³-hybridized carbons (Fsp3) is 0.846. The summed E-state index contributed by atoms with van der Waals surface area (Å²) < 4.78 is 5.22. The van der Waals surface area contributed by atoms with E-state index in [9.17, 15) is 10.1 Å². The lowest BCUT2D eigenvalue weighted by molar-refractivity contribution is -0.133. The molecule has 0 aromatic heterocycles. The molecule has 1 rings (SSSR count). The molecule has 1 atom stereocenters. The van der Waals surface area contributed by atoms with E-state index in [1.807, 2.05) is 6.92 Å². The van der Waals surface area contributed by atoms with Crippen LogP contribution in [0, 0.1) is 16.7 Å². The molecule has 0 aromatic rings. The Morgan fingerprint density at radius 2 is 2.18 bits per heavy atom. The van der Waals surface area contributed by atoms with Crippen molar-refractivity contribution in [1.82, 2.24) is 5.32 Å². The quantitative estimate of drug-likeness (QED) is 0.796. The zero-order valence-electron chi connectivity index (χ0n) is 10.8. The van der Waals surface area contributed by atoms with Gasteiger partial charge in [0.15, 0.2) is 0 Å². The lowest BCUT2D eigenvalue weighted by atomic mass is 9.80. The highest BCUT2D eigenvalue weighted by Gasteiger charge is 2.40. The molecule has 0 spiro atoms. The fourth-order valence-electron chi connectivity index (χ4n) is 2.05. The van der Waals surface area contributed by atoms with E-state index in [1.165, 1.54) is 0 Å². The summed E-state index contributed by atoms with van der Waals surface area (Å²) in [4.78, 5) is 12.1. The number of hydrogen-bond acceptors (Lipinski definition) is 3. The molecule has 4 heteroatoms. The van der Waals surface area contributed by atoms with Gasteiger partial charge in [-0.3, -0.25) is 4.79 Å². The van der Waals surface area contributed by atoms with E-state index in [2.05, 4.69) is 18.3 Å². The summed E-state index contributed by atoms with van der Waals surface area (Å²) in [5.41, 5.74) is -0.862. The number of ether oxygens (including phenoxy) is 1. The third-order valence-electron chi connectivity index (χ3n) is 3.36. The topological polar surface area (TPSA) is 62.1 Å². The van der Waals surface area contributed by atoms with Crippen molar-refractivity contribution in [2.75, 3.05) is 13.2 Å². The first-order chi connectivity index (χ1) is 8.14. The third-order valence-corrected chi connectivity index (χ3v) is 3.36. The number of carbonyl (C=O) groups excluding carboxylic acids is 1. The smallest absolute Gasteiger partial charge is 0.240 e. The molecule has 0 aromatic carbocycles. The largest absolute Gasteiger partial charge is 0.381 e. The van der Waals surface area contributed by atoms with Crippen LogP contribution in [-0.2, 0) is 9.53 Å². The predicted molar refractivity (Wildman–Crippen MR) is 65.2 cm³/mol. The standard InChI is InChI=1S/C13H22N2O2/c1-3-4-5-11(2)15-12(16)13(10-14)6-8-17-9-7-13/h11H,3-9H2,1-2H3,(H,15,16). The van der Waals surface area contributed by atoms with E-state index in [-0.39, 0.29) is 11.9 Å². The Morgan fingerprint density at radius 3 is 2.71 bits per heavy atom. The fourth-order valence-corrected chi connectivity index (χ4v) is 2.05. The zero-order valence-corrected chi connectivity index (χ0v) is 10.8. The van der Waals surface area contributed by atoms with E-state index in [1.54, 1.807) is 0 Å². The molecule has 1 unspecified atom stereocenters. The van der Waals surface area contributed by atoms with Gasteiger partial charge in [-0.25, -0.2) is 0 Å². The van der Waals surface area contributed by atoms with E-state index < -0.39 is 5.41 Å². The van der Waals surface area contributed by atoms with Crippen LogP contribution < -0.4 is 5.32 Å². The van der Waals surface area contributed by atoms with Crippen molar-refractivity contribution in [3.05, 3.63) is 0 Å². The Kier molecular flexibility index (Phi) is 5.43. The molecule has 96 valence electrons. The first-order valence-corrected chi connectivity index (χ1v) is 6.44. The number of nitrogens with zero attached hydrogens (tertiary/aromatic N) is 1. The lowest BCUT2D eigenvalue weighted by Crippen LogP contribution is -2.46. The van der Waals surface area contributed by atoms with Crippen molar-refractivity contribution >= 4 is 5.91 Å². The first-order valence-electron chi connectivity index (χ1n) is 6.44. The van der Waals surface area contributed by atoms with E-state index in [0.29, 0.717) is 26.1 Å². The van der Waals surface area contributed by atoms with Gasteiger partial charge in [0.25, 0.3) is 0 Å². The molecule has 0 radical (unpaired) electrons. The third kappa shape index (κ3) is 3.71. The van der Waals surface area contributed by atoms with Gasteiger partial charge < -0.3 is 10.1 Å². The van der Waals surface area contributed by atoms with Gasteiger partial charge in [0, 0.05) is 19.3 Å². The molecular weight excluding hydrogens is 216 g/mol. The highest BCUT2D eigenvalue weighted by molar-refractivity contribution is 5.85. The van der Waals surface area contributed by atoms with Gasteiger partial charge >= 0.3 is 0 Å². The summed E-state index contributed by atoms with van der Waals surface area (Å²) in [6.07, 6.45) is 4.22. The van der Waals surface area contributed by atoms with Gasteiger partial charge in [-0.15, -0.1) is 0 Å². The van der Waals surface area contributed by atoms with Gasteiger partial charge in [-0.1, -0.05) is 19.8 Å². The zero-order chi connectivity index (χ0) is 12.7. The minimum absolute atomic E-state index is 0.119. The summed E-state index contributed by atoms with van der Waals surface area (Å²) in [6.45, 7) is 5.14. The number of carbonyl (C=O) groups is 1. The molecule has 1 fully saturated rings. The SMILES string of the molecule is CCCCC(C)NC(=O)C1(C#N)CCOCC1. The Labute approximate surface area is 103 Å². The van der Waals surface area contributed by atoms with E-state index in [0.717, 1.165) is 19.3 Å². The summed E-state index contributed by atoms with van der Waals surface area (Å²) in [7, 11) is 0. The summed E-state index contributed by atoms with van der Waals surface area (Å²) in [5, 5.41) is 12.2. The van der Waals surface area contributed by atoms with Crippen LogP contribution in [0.4, 0.5) is 0 Å². The maximum absolute atomic E-state index is 12.1. The van der Waals surface area contributed by atoms with Gasteiger partial charge in [-0.05, 0) is 26.2 Å². The van der Waals surface area contributed by atoms with Gasteiger partial charge in [0.1, 0.15) is 5.41 Å². The minimum Gasteiger partial charge on any atom is -0.381 e. The Balaban J connectivity index is 2.52. The predicted octanol–water partition coefficient (Wildman–Crippen LogP) is 2.00. The van der Waals surface area contributed by atoms with Crippen molar-refractivity contribution in [3.63, 3.8) is 0 Å². The normalized spacial score (nSPS) is 20.3. The van der Waals surface area contributed by atoms with Crippen molar-refractivity contribution in [2.24, 2.45) is 5.41 Å². The molecule has 1 N–H and O–H groups in total. The Bertz CT molecular complexity index is 290. The van der Waals surface area contributed by atoms with Gasteiger partial charge in [-0.2, -0.15) is 5.26 Å². The number of amides is 1. The second-order valence-corrected chi connectivity index (χ2v) is 4.82. The molecule has 1 heterocycles. The number of rotatable bonds is 5. The van der Waals surface area contributed by atoms with Crippen molar-refractivity contribution in [1.29, 1.82) is 5.26 Å². The van der Waals surface area contributed by atoms with Crippen LogP contribution >= 0.6 is 0 Å². The van der Waals surface area contributed by atoms with Crippen LogP contribution in [-0.4, -0.2) is 25.2 Å². The average molecular weight is 238 g/mol. The second-order valence-electron chi connectivity index (χ2n) is 4.82. The van der Waals surface area contributed by atoms with Crippen LogP contribution in [0.15, 0.2) is 0 Å². The minimum atomic E-state index is -0.862. The number of unbranched alkanes of at least 4 members (excludes halogenated alkanes) is 1. The van der Waals surface area contributed by atoms with Crippen LogP contribution in [0.2, 0.25) is 0 Å². The highest BCUT2D eigenvalue weighted by Crippen LogP contribution is 2.30. The van der Waals surface area contributed by atoms with E-state index >= 15 is 0 Å². The van der Waals surface area contributed by atoms with Crippen molar-refractivity contribution < 1.29 is 9.53 Å². The molecule has 17 heavy (non-hydrogen) atoms. The van der Waals surface area contributed by atoms with Crippen LogP contribution in [0.1, 0.15) is 46.0 Å². The Morgan fingerprint density at radius 1 is 1.53 bits per heavy atom. The van der Waals surface area contributed by atoms with Crippen LogP contribution in [0.5, 0.6) is 0 Å². The van der Waals surface area contributed by atoms with Gasteiger partial charge in [0.05, 0.1) is 6.07 Å². The van der Waals surface area contributed by atoms with Gasteiger partial charge in [0.2, 0.25) is 5.91 Å². The monoisotopic (exact) mass is 238 g/mol. The number of nitriles is 1. The molecule has 1 amide bonds. The molecule has 0 aliphatic carbocycles. The molecule has 1 aliphatic rings. The van der Waals surface area contributed by atoms with Crippen LogP contribution in [0.25, 0.3) is 0 Å². The summed E-state index contributed by atoms with van der Waals surface area (Å²) in [5.74, 6) is -0.119. The molecule has 4 nitrogen and oxygen atoms in total. The molecule has 0 saturated carbocycles. The Hall–Kier alpha value is -1.08. The lowest BCUT2D eigenvalue weighted by Gasteiger charge is -2.30. The highest BCUT2D eigenvalue weighted by atomic mass is 16.5. The average Bonchev–Trinajstić information content (AvgIpc) is 2.37. The first kappa shape index (κ1) is 14.0. The number of nitrogens with one attached hydrogen (secondary N) is 1. The van der Waals surface area contributed by atoms with Crippen molar-refractivity contribution in [3.8, 4) is 6.07 Å². The summed E-state index contributed by atoms with van der Waals surface area (Å²) >= 11 is 0. The maximum Gasteiger partial charge on any atom is 0.240 e. The maximum atomic E-state index is 12.1. The molecule has 0 bridgehead atoms. The van der Waals surface area contributed by atoms with E-state index in [4.69, 9.17) is 4.74 Å². The van der Waals surface area contributed by atoms with Crippen LogP contribution in [0.3, 0.4) is 0 Å².